The van der Waals surface area contributed by atoms with E-state index in [1.54, 1.807) is 0 Å². The molecule has 92 heavy (non-hydrogen) atoms. The van der Waals surface area contributed by atoms with Crippen molar-refractivity contribution in [1.29, 1.82) is 0 Å². The zero-order valence-electron chi connectivity index (χ0n) is 59.0. The summed E-state index contributed by atoms with van der Waals surface area (Å²) < 4.78 is 2.93. The van der Waals surface area contributed by atoms with Crippen LogP contribution in [-0.4, -0.2) is 6.51 Å². The standard InChI is InChI=1S/2C21H25.2C13H10.2C10H15.2ClH.2Hf/c2*1-20(2,3)16-9-7-14-11-15-8-10-17(21(4,5)6)13-19(15)18(14)12-16;2*1-3-7-12(8-4-1)11-13-9-5-2-6-10-13;2*1-8-5-6-9(7-8)10(2,3)4;;;;/h2*7,9-10,12-13H,11H2,1-6H3;2*1-10H;2*6-8H,1-4H3;2*1H;;/q2*-1;;;2*-1;;;2*+2/p-2. The van der Waals surface area contributed by atoms with Gasteiger partial charge in [-0.3, -0.25) is 12.2 Å². The molecule has 2 atom stereocenters. The second-order valence-corrected chi connectivity index (χ2v) is 34.4. The summed E-state index contributed by atoms with van der Waals surface area (Å²) in [6, 6.07) is 72.5. The SMILES string of the molecule is CC(C)(C)c1c[c-]c2c(c1)-c1cc(C(C)(C)C)ccc1C2.CC(C)(C)c1c[c-]c2c(c1)-c1cc(C(C)(C)C)ccc1C2.CC1[C-]=CC(C(C)(C)C)=C1.CC1[C-]=CC(C(C)(C)C)=C1.[Cl-].[Cl-].[Hf+2]=[C](c1ccccc1)c1ccccc1.[Hf+2]=[C](c1ccccc1)c1ccccc1. The van der Waals surface area contributed by atoms with E-state index in [1.165, 1.54) is 107 Å². The van der Waals surface area contributed by atoms with Crippen LogP contribution in [0.25, 0.3) is 22.3 Å². The van der Waals surface area contributed by atoms with Crippen LogP contribution < -0.4 is 24.8 Å². The fourth-order valence-corrected chi connectivity index (χ4v) is 13.2. The first-order valence-electron chi connectivity index (χ1n) is 32.5. The molecule has 12 rings (SSSR count). The Morgan fingerprint density at radius 3 is 0.815 bits per heavy atom. The van der Waals surface area contributed by atoms with Crippen molar-refractivity contribution in [2.45, 2.75) is 173 Å². The molecule has 0 aromatic heterocycles. The van der Waals surface area contributed by atoms with Gasteiger partial charge in [0.15, 0.2) is 0 Å². The van der Waals surface area contributed by atoms with Crippen molar-refractivity contribution in [3.63, 3.8) is 0 Å². The third-order valence-corrected chi connectivity index (χ3v) is 21.0. The summed E-state index contributed by atoms with van der Waals surface area (Å²) in [4.78, 5) is 0. The monoisotopic (exact) mass is 1590 g/mol. The van der Waals surface area contributed by atoms with E-state index in [9.17, 15) is 0 Å². The molecule has 8 aromatic carbocycles. The predicted octanol–water partition coefficient (Wildman–Crippen LogP) is 16.9. The van der Waals surface area contributed by atoms with Crippen LogP contribution in [0, 0.1) is 47.0 Å². The molecule has 4 heteroatoms. The Morgan fingerprint density at radius 2 is 0.598 bits per heavy atom. The van der Waals surface area contributed by atoms with Crippen molar-refractivity contribution >= 4 is 6.51 Å². The number of hydrogen-bond acceptors (Lipinski definition) is 0. The summed E-state index contributed by atoms with van der Waals surface area (Å²) in [7, 11) is 0. The topological polar surface area (TPSA) is 0 Å². The summed E-state index contributed by atoms with van der Waals surface area (Å²) in [5.74, 6) is 1.04. The first-order valence-corrected chi connectivity index (χ1v) is 36.1. The number of benzene rings is 8. The molecule has 0 bridgehead atoms. The fraction of sp³-hybridized carbons (Fsp3) is 0.341. The predicted molar refractivity (Wildman–Crippen MR) is 383 cm³/mol. The zero-order chi connectivity index (χ0) is 66.0. The number of rotatable bonds is 4. The molecule has 4 aliphatic rings. The van der Waals surface area contributed by atoms with Gasteiger partial charge in [-0.1, -0.05) is 231 Å². The number of halogens is 2. The van der Waals surface area contributed by atoms with Gasteiger partial charge < -0.3 is 24.8 Å². The summed E-state index contributed by atoms with van der Waals surface area (Å²) in [5, 5.41) is 0. The zero-order valence-corrected chi connectivity index (χ0v) is 67.7. The maximum atomic E-state index is 3.53. The van der Waals surface area contributed by atoms with Gasteiger partial charge in [-0.25, -0.2) is 12.2 Å². The molecule has 0 fully saturated rings. The molecule has 0 aliphatic heterocycles. The van der Waals surface area contributed by atoms with Crippen molar-refractivity contribution in [2.75, 3.05) is 0 Å². The van der Waals surface area contributed by atoms with E-state index in [1.807, 2.05) is 0 Å². The van der Waals surface area contributed by atoms with Gasteiger partial charge in [-0.15, -0.1) is 11.1 Å². The Labute approximate surface area is 600 Å². The van der Waals surface area contributed by atoms with Crippen molar-refractivity contribution in [1.82, 2.24) is 0 Å². The molecule has 0 heterocycles. The Balaban J connectivity index is 0.000000204. The fourth-order valence-electron chi connectivity index (χ4n) is 10.8. The number of allylic oxidation sites excluding steroid dienone is 8. The molecular weight excluding hydrogens is 1480 g/mol. The van der Waals surface area contributed by atoms with Crippen molar-refractivity contribution < 1.29 is 72.6 Å². The van der Waals surface area contributed by atoms with Crippen LogP contribution in [0.3, 0.4) is 0 Å². The van der Waals surface area contributed by atoms with Gasteiger partial charge in [0.05, 0.1) is 0 Å². The van der Waals surface area contributed by atoms with E-state index in [0.717, 1.165) is 60.6 Å². The van der Waals surface area contributed by atoms with E-state index in [2.05, 4.69) is 369 Å². The molecule has 0 nitrogen and oxygen atoms in total. The van der Waals surface area contributed by atoms with Gasteiger partial charge in [0, 0.05) is 0 Å². The molecular formula is C88H100Cl2Hf2-2. The van der Waals surface area contributed by atoms with Crippen molar-refractivity contribution in [2.24, 2.45) is 22.7 Å². The average Bonchev–Trinajstić information content (AvgIpc) is 1.61. The minimum absolute atomic E-state index is 0. The molecule has 0 spiro atoms. The van der Waals surface area contributed by atoms with Crippen LogP contribution in [0.2, 0.25) is 0 Å². The summed E-state index contributed by atoms with van der Waals surface area (Å²) in [6.07, 6.45) is 17.4. The van der Waals surface area contributed by atoms with E-state index < -0.39 is 0 Å². The van der Waals surface area contributed by atoms with Gasteiger partial charge in [0.2, 0.25) is 0 Å². The number of hydrogen-bond donors (Lipinski definition) is 0. The molecule has 476 valence electrons. The second kappa shape index (κ2) is 33.0. The number of fused-ring (bicyclic) bond motifs is 6. The average molecular weight is 1590 g/mol. The van der Waals surface area contributed by atoms with E-state index in [0.29, 0.717) is 22.7 Å². The van der Waals surface area contributed by atoms with Gasteiger partial charge >= 0.3 is 198 Å². The summed E-state index contributed by atoms with van der Waals surface area (Å²) >= 11 is 2.16. The first-order chi connectivity index (χ1) is 42.1. The molecule has 2 unspecified atom stereocenters. The Morgan fingerprint density at radius 1 is 0.337 bits per heavy atom. The molecule has 0 saturated heterocycles. The van der Waals surface area contributed by atoms with E-state index in [-0.39, 0.29) is 46.5 Å². The van der Waals surface area contributed by atoms with Crippen LogP contribution in [-0.2, 0) is 82.3 Å². The van der Waals surface area contributed by atoms with Crippen LogP contribution in [0.1, 0.15) is 205 Å². The van der Waals surface area contributed by atoms with Gasteiger partial charge in [-0.05, 0) is 34.8 Å². The maximum absolute atomic E-state index is 3.53. The van der Waals surface area contributed by atoms with E-state index >= 15 is 0 Å². The molecule has 0 radical (unpaired) electrons. The van der Waals surface area contributed by atoms with Gasteiger partial charge in [0.25, 0.3) is 0 Å². The molecule has 0 saturated carbocycles. The molecule has 4 aliphatic carbocycles. The van der Waals surface area contributed by atoms with Crippen LogP contribution in [0.5, 0.6) is 0 Å². The normalized spacial score (nSPS) is 14.9. The van der Waals surface area contributed by atoms with Crippen LogP contribution in [0.4, 0.5) is 0 Å². The third-order valence-electron chi connectivity index (χ3n) is 16.9. The van der Waals surface area contributed by atoms with E-state index in [4.69, 9.17) is 0 Å². The molecule has 8 aromatic rings. The third kappa shape index (κ3) is 21.9. The van der Waals surface area contributed by atoms with Crippen molar-refractivity contribution in [3.05, 3.63) is 308 Å². The summed E-state index contributed by atoms with van der Waals surface area (Å²) in [6.45, 7) is 45.0. The Kier molecular flexibility index (Phi) is 27.8. The molecule has 0 amide bonds. The Hall–Kier alpha value is -5.22. The second-order valence-electron chi connectivity index (χ2n) is 30.8. The quantitative estimate of drug-likeness (QED) is 0.122. The van der Waals surface area contributed by atoms with Crippen molar-refractivity contribution in [3.8, 4) is 22.3 Å². The van der Waals surface area contributed by atoms with Gasteiger partial charge in [0.1, 0.15) is 0 Å². The van der Waals surface area contributed by atoms with Crippen LogP contribution in [0.15, 0.2) is 217 Å². The molecule has 0 N–H and O–H groups in total. The van der Waals surface area contributed by atoms with Gasteiger partial charge in [-0.2, -0.15) is 82.0 Å². The first kappa shape index (κ1) is 77.5. The summed E-state index contributed by atoms with van der Waals surface area (Å²) in [5.41, 5.74) is 26.4. The van der Waals surface area contributed by atoms with Crippen LogP contribution >= 0.6 is 0 Å². The minimum atomic E-state index is 0. The Bertz CT molecular complexity index is 3390.